The fourth-order valence-corrected chi connectivity index (χ4v) is 1.50. The van der Waals surface area contributed by atoms with Gasteiger partial charge in [0.15, 0.2) is 0 Å². The quantitative estimate of drug-likeness (QED) is 0.732. The van der Waals surface area contributed by atoms with Gasteiger partial charge in [-0.2, -0.15) is 4.98 Å². The lowest BCUT2D eigenvalue weighted by molar-refractivity contribution is 0.122. The van der Waals surface area contributed by atoms with Gasteiger partial charge in [0, 0.05) is 13.1 Å². The summed E-state index contributed by atoms with van der Waals surface area (Å²) in [7, 11) is 1.90. The van der Waals surface area contributed by atoms with Crippen LogP contribution in [0.4, 0.5) is 5.95 Å². The van der Waals surface area contributed by atoms with Crippen LogP contribution in [0.3, 0.4) is 0 Å². The SMILES string of the molecule is CN[C@H](C)c1nc(N2CCOCC2)n[nH]1. The highest BCUT2D eigenvalue weighted by atomic mass is 16.5. The van der Waals surface area contributed by atoms with Crippen LogP contribution >= 0.6 is 0 Å². The van der Waals surface area contributed by atoms with Gasteiger partial charge in [-0.15, -0.1) is 5.10 Å². The van der Waals surface area contributed by atoms with E-state index in [0.717, 1.165) is 38.1 Å². The summed E-state index contributed by atoms with van der Waals surface area (Å²) in [4.78, 5) is 6.58. The van der Waals surface area contributed by atoms with Crippen LogP contribution in [0.1, 0.15) is 18.8 Å². The van der Waals surface area contributed by atoms with Crippen LogP contribution in [0.5, 0.6) is 0 Å². The molecule has 6 nitrogen and oxygen atoms in total. The Bertz CT molecular complexity index is 307. The Labute approximate surface area is 89.0 Å². The molecule has 1 aromatic heterocycles. The van der Waals surface area contributed by atoms with Gasteiger partial charge in [0.25, 0.3) is 0 Å². The Morgan fingerprint density at radius 1 is 1.47 bits per heavy atom. The summed E-state index contributed by atoms with van der Waals surface area (Å²) >= 11 is 0. The molecule has 2 rings (SSSR count). The summed E-state index contributed by atoms with van der Waals surface area (Å²) < 4.78 is 5.28. The molecule has 1 aromatic rings. The second-order valence-electron chi connectivity index (χ2n) is 3.63. The third-order valence-electron chi connectivity index (χ3n) is 2.63. The van der Waals surface area contributed by atoms with Crippen molar-refractivity contribution in [2.24, 2.45) is 0 Å². The van der Waals surface area contributed by atoms with Crippen molar-refractivity contribution in [2.45, 2.75) is 13.0 Å². The van der Waals surface area contributed by atoms with E-state index in [-0.39, 0.29) is 6.04 Å². The number of nitrogens with one attached hydrogen (secondary N) is 2. The maximum Gasteiger partial charge on any atom is 0.244 e. The second-order valence-corrected chi connectivity index (χ2v) is 3.63. The van der Waals surface area contributed by atoms with Gasteiger partial charge >= 0.3 is 0 Å². The number of aromatic nitrogens is 3. The van der Waals surface area contributed by atoms with E-state index in [1.165, 1.54) is 0 Å². The van der Waals surface area contributed by atoms with E-state index < -0.39 is 0 Å². The molecule has 0 unspecified atom stereocenters. The van der Waals surface area contributed by atoms with Crippen molar-refractivity contribution in [3.8, 4) is 0 Å². The smallest absolute Gasteiger partial charge is 0.244 e. The zero-order valence-corrected chi connectivity index (χ0v) is 9.16. The number of rotatable bonds is 3. The van der Waals surface area contributed by atoms with Crippen molar-refractivity contribution in [1.82, 2.24) is 20.5 Å². The molecule has 0 saturated carbocycles. The summed E-state index contributed by atoms with van der Waals surface area (Å²) in [5.74, 6) is 1.65. The second kappa shape index (κ2) is 4.59. The Morgan fingerprint density at radius 2 is 2.20 bits per heavy atom. The molecular weight excluding hydrogens is 194 g/mol. The van der Waals surface area contributed by atoms with E-state index in [1.807, 2.05) is 14.0 Å². The van der Waals surface area contributed by atoms with E-state index in [9.17, 15) is 0 Å². The molecule has 15 heavy (non-hydrogen) atoms. The van der Waals surface area contributed by atoms with Crippen LogP contribution in [-0.4, -0.2) is 48.5 Å². The van der Waals surface area contributed by atoms with Crippen molar-refractivity contribution in [2.75, 3.05) is 38.3 Å². The Hall–Kier alpha value is -1.14. The molecule has 1 fully saturated rings. The molecule has 1 saturated heterocycles. The van der Waals surface area contributed by atoms with Gasteiger partial charge in [-0.3, -0.25) is 5.10 Å². The highest BCUT2D eigenvalue weighted by molar-refractivity contribution is 5.29. The molecule has 1 atom stereocenters. The zero-order valence-electron chi connectivity index (χ0n) is 9.16. The third-order valence-corrected chi connectivity index (χ3v) is 2.63. The maximum atomic E-state index is 5.28. The molecule has 0 radical (unpaired) electrons. The highest BCUT2D eigenvalue weighted by Crippen LogP contribution is 2.12. The van der Waals surface area contributed by atoms with E-state index >= 15 is 0 Å². The van der Waals surface area contributed by atoms with Crippen molar-refractivity contribution in [3.05, 3.63) is 5.82 Å². The normalized spacial score (nSPS) is 19.2. The zero-order chi connectivity index (χ0) is 10.7. The van der Waals surface area contributed by atoms with Crippen molar-refractivity contribution >= 4 is 5.95 Å². The fraction of sp³-hybridized carbons (Fsp3) is 0.778. The summed E-state index contributed by atoms with van der Waals surface area (Å²) in [6.45, 7) is 5.29. The molecule has 1 aliphatic heterocycles. The molecule has 0 spiro atoms. The Kier molecular flexibility index (Phi) is 3.17. The first-order valence-electron chi connectivity index (χ1n) is 5.23. The standard InChI is InChI=1S/C9H17N5O/c1-7(10-2)8-11-9(13-12-8)14-3-5-15-6-4-14/h7,10H,3-6H2,1-2H3,(H,11,12,13)/t7-/m1/s1. The molecule has 6 heteroatoms. The van der Waals surface area contributed by atoms with Gasteiger partial charge in [0.1, 0.15) is 5.82 Å². The molecule has 84 valence electrons. The third kappa shape index (κ3) is 2.27. The van der Waals surface area contributed by atoms with Gasteiger partial charge < -0.3 is 15.0 Å². The molecule has 2 heterocycles. The lowest BCUT2D eigenvalue weighted by atomic mass is 10.3. The van der Waals surface area contributed by atoms with Crippen LogP contribution < -0.4 is 10.2 Å². The molecule has 0 bridgehead atoms. The summed E-state index contributed by atoms with van der Waals surface area (Å²) in [5, 5.41) is 10.3. The van der Waals surface area contributed by atoms with Crippen LogP contribution in [0.15, 0.2) is 0 Å². The molecular formula is C9H17N5O. The van der Waals surface area contributed by atoms with Crippen molar-refractivity contribution in [1.29, 1.82) is 0 Å². The summed E-state index contributed by atoms with van der Waals surface area (Å²) in [6, 6.07) is 0.201. The van der Waals surface area contributed by atoms with Gasteiger partial charge in [0.05, 0.1) is 19.3 Å². The number of aromatic amines is 1. The van der Waals surface area contributed by atoms with Crippen LogP contribution in [0, 0.1) is 0 Å². The van der Waals surface area contributed by atoms with Gasteiger partial charge in [-0.25, -0.2) is 0 Å². The summed E-state index contributed by atoms with van der Waals surface area (Å²) in [6.07, 6.45) is 0. The van der Waals surface area contributed by atoms with Gasteiger partial charge in [-0.05, 0) is 14.0 Å². The highest BCUT2D eigenvalue weighted by Gasteiger charge is 2.16. The average Bonchev–Trinajstić information content (AvgIpc) is 2.78. The topological polar surface area (TPSA) is 66.1 Å². The number of anilines is 1. The maximum absolute atomic E-state index is 5.28. The average molecular weight is 211 g/mol. The number of hydrogen-bond donors (Lipinski definition) is 2. The molecule has 1 aliphatic rings. The lowest BCUT2D eigenvalue weighted by Gasteiger charge is -2.25. The largest absolute Gasteiger partial charge is 0.378 e. The van der Waals surface area contributed by atoms with Gasteiger partial charge in [-0.1, -0.05) is 0 Å². The fourth-order valence-electron chi connectivity index (χ4n) is 1.50. The van der Waals surface area contributed by atoms with E-state index in [2.05, 4.69) is 25.4 Å². The number of nitrogens with zero attached hydrogens (tertiary/aromatic N) is 3. The van der Waals surface area contributed by atoms with E-state index in [1.54, 1.807) is 0 Å². The minimum Gasteiger partial charge on any atom is -0.378 e. The van der Waals surface area contributed by atoms with Crippen LogP contribution in [0.2, 0.25) is 0 Å². The summed E-state index contributed by atoms with van der Waals surface area (Å²) in [5.41, 5.74) is 0. The number of H-pyrrole nitrogens is 1. The molecule has 0 aliphatic carbocycles. The minimum atomic E-state index is 0.201. The number of morpholine rings is 1. The van der Waals surface area contributed by atoms with Crippen LogP contribution in [0.25, 0.3) is 0 Å². The van der Waals surface area contributed by atoms with E-state index in [0.29, 0.717) is 0 Å². The lowest BCUT2D eigenvalue weighted by Crippen LogP contribution is -2.36. The predicted octanol–water partition coefficient (Wildman–Crippen LogP) is -0.0783. The van der Waals surface area contributed by atoms with Crippen molar-refractivity contribution < 1.29 is 4.74 Å². The Balaban J connectivity index is 2.05. The molecule has 0 amide bonds. The molecule has 0 aromatic carbocycles. The van der Waals surface area contributed by atoms with E-state index in [4.69, 9.17) is 4.74 Å². The van der Waals surface area contributed by atoms with Gasteiger partial charge in [0.2, 0.25) is 5.95 Å². The first-order valence-corrected chi connectivity index (χ1v) is 5.23. The first-order chi connectivity index (χ1) is 7.31. The number of ether oxygens (including phenoxy) is 1. The molecule has 2 N–H and O–H groups in total. The van der Waals surface area contributed by atoms with Crippen LogP contribution in [-0.2, 0) is 4.74 Å². The Morgan fingerprint density at radius 3 is 2.87 bits per heavy atom. The first kappa shape index (κ1) is 10.4. The monoisotopic (exact) mass is 211 g/mol. The minimum absolute atomic E-state index is 0.201. The predicted molar refractivity (Wildman–Crippen MR) is 56.9 cm³/mol. The van der Waals surface area contributed by atoms with Crippen molar-refractivity contribution in [3.63, 3.8) is 0 Å². The number of hydrogen-bond acceptors (Lipinski definition) is 5.